The van der Waals surface area contributed by atoms with E-state index in [0.717, 1.165) is 54.0 Å². The maximum Gasteiger partial charge on any atom is 0.270 e. The Hall–Kier alpha value is -2.86. The first-order valence-electron chi connectivity index (χ1n) is 11.7. The molecule has 4 heterocycles. The maximum absolute atomic E-state index is 13.3. The van der Waals surface area contributed by atoms with E-state index >= 15 is 0 Å². The summed E-state index contributed by atoms with van der Waals surface area (Å²) in [7, 11) is 0. The molecule has 6 heteroatoms. The molecular formula is C26H32N4O2. The van der Waals surface area contributed by atoms with Crippen molar-refractivity contribution in [2.24, 2.45) is 0 Å². The number of piperidine rings is 1. The summed E-state index contributed by atoms with van der Waals surface area (Å²) in [5.74, 6) is 0.961. The summed E-state index contributed by atoms with van der Waals surface area (Å²) in [6.45, 7) is 10.1. The number of hydrogen-bond donors (Lipinski definition) is 0. The number of nitrogens with zero attached hydrogens (tertiary/aromatic N) is 4. The molecule has 1 aromatic carbocycles. The van der Waals surface area contributed by atoms with Crippen LogP contribution in [0.25, 0.3) is 10.9 Å². The summed E-state index contributed by atoms with van der Waals surface area (Å²) in [6, 6.07) is 14.9. The molecule has 3 aromatic rings. The van der Waals surface area contributed by atoms with Gasteiger partial charge in [0.15, 0.2) is 0 Å². The number of aromatic nitrogens is 2. The molecule has 0 saturated carbocycles. The first-order valence-corrected chi connectivity index (χ1v) is 11.7. The molecule has 1 saturated heterocycles. The van der Waals surface area contributed by atoms with E-state index < -0.39 is 0 Å². The van der Waals surface area contributed by atoms with Gasteiger partial charge in [-0.2, -0.15) is 0 Å². The van der Waals surface area contributed by atoms with Crippen molar-refractivity contribution < 1.29 is 9.53 Å². The van der Waals surface area contributed by atoms with Gasteiger partial charge in [-0.3, -0.25) is 9.78 Å². The van der Waals surface area contributed by atoms with Crippen molar-refractivity contribution >= 4 is 16.8 Å². The van der Waals surface area contributed by atoms with Crippen LogP contribution in [-0.4, -0.2) is 57.0 Å². The molecule has 5 rings (SSSR count). The molecule has 168 valence electrons. The highest BCUT2D eigenvalue weighted by atomic mass is 16.5. The van der Waals surface area contributed by atoms with Gasteiger partial charge in [0.2, 0.25) is 0 Å². The normalized spacial score (nSPS) is 20.2. The monoisotopic (exact) mass is 432 g/mol. The maximum atomic E-state index is 13.3. The highest BCUT2D eigenvalue weighted by molar-refractivity contribution is 6.00. The third kappa shape index (κ3) is 3.99. The van der Waals surface area contributed by atoms with Crippen LogP contribution in [0.15, 0.2) is 48.7 Å². The second-order valence-electron chi connectivity index (χ2n) is 9.42. The number of carbonyl (C=O) groups is 1. The van der Waals surface area contributed by atoms with E-state index in [-0.39, 0.29) is 18.1 Å². The zero-order valence-corrected chi connectivity index (χ0v) is 19.2. The molecule has 6 nitrogen and oxygen atoms in total. The second-order valence-corrected chi connectivity index (χ2v) is 9.42. The summed E-state index contributed by atoms with van der Waals surface area (Å²) in [5, 5.41) is 1.07. The number of ether oxygens (including phenoxy) is 1. The van der Waals surface area contributed by atoms with Crippen LogP contribution in [0.2, 0.25) is 0 Å². The van der Waals surface area contributed by atoms with E-state index in [2.05, 4.69) is 53.4 Å². The Bertz CT molecular complexity index is 1100. The van der Waals surface area contributed by atoms with Gasteiger partial charge >= 0.3 is 0 Å². The summed E-state index contributed by atoms with van der Waals surface area (Å²) in [5.41, 5.74) is 2.76. The lowest BCUT2D eigenvalue weighted by atomic mass is 10.1. The Morgan fingerprint density at radius 3 is 2.66 bits per heavy atom. The summed E-state index contributed by atoms with van der Waals surface area (Å²) < 4.78 is 8.52. The molecule has 1 atom stereocenters. The molecule has 0 radical (unpaired) electrons. The van der Waals surface area contributed by atoms with Crippen LogP contribution in [0.5, 0.6) is 5.75 Å². The molecule has 2 aliphatic rings. The molecule has 2 aliphatic heterocycles. The molecule has 0 spiro atoms. The van der Waals surface area contributed by atoms with Crippen LogP contribution in [0.3, 0.4) is 0 Å². The van der Waals surface area contributed by atoms with Gasteiger partial charge in [-0.1, -0.05) is 6.07 Å². The van der Waals surface area contributed by atoms with E-state index in [1.165, 1.54) is 0 Å². The molecule has 0 bridgehead atoms. The van der Waals surface area contributed by atoms with Gasteiger partial charge in [0.1, 0.15) is 17.5 Å². The van der Waals surface area contributed by atoms with E-state index in [0.29, 0.717) is 19.1 Å². The number of amides is 1. The zero-order chi connectivity index (χ0) is 22.2. The average Bonchev–Trinajstić information content (AvgIpc) is 3.18. The zero-order valence-electron chi connectivity index (χ0n) is 19.2. The molecule has 0 aliphatic carbocycles. The lowest BCUT2D eigenvalue weighted by Gasteiger charge is -2.34. The van der Waals surface area contributed by atoms with Gasteiger partial charge in [-0.15, -0.1) is 0 Å². The molecular weight excluding hydrogens is 400 g/mol. The number of benzene rings is 1. The first-order chi connectivity index (χ1) is 15.5. The van der Waals surface area contributed by atoms with E-state index in [1.54, 1.807) is 6.20 Å². The second kappa shape index (κ2) is 8.58. The molecule has 1 unspecified atom stereocenters. The minimum absolute atomic E-state index is 0.0634. The first kappa shape index (κ1) is 21.0. The van der Waals surface area contributed by atoms with Gasteiger partial charge in [0, 0.05) is 48.8 Å². The minimum atomic E-state index is 0.0634. The van der Waals surface area contributed by atoms with Crippen molar-refractivity contribution in [3.8, 4) is 5.75 Å². The molecule has 32 heavy (non-hydrogen) atoms. The Morgan fingerprint density at radius 2 is 1.94 bits per heavy atom. The predicted molar refractivity (Wildman–Crippen MR) is 126 cm³/mol. The van der Waals surface area contributed by atoms with Gasteiger partial charge in [0.05, 0.1) is 12.2 Å². The van der Waals surface area contributed by atoms with Crippen LogP contribution in [0.1, 0.15) is 55.8 Å². The van der Waals surface area contributed by atoms with Crippen molar-refractivity contribution in [1.82, 2.24) is 19.4 Å². The van der Waals surface area contributed by atoms with Crippen molar-refractivity contribution in [3.63, 3.8) is 0 Å². The topological polar surface area (TPSA) is 50.6 Å². The average molecular weight is 433 g/mol. The Kier molecular flexibility index (Phi) is 5.64. The Balaban J connectivity index is 1.35. The third-order valence-electron chi connectivity index (χ3n) is 6.83. The number of carbonyl (C=O) groups excluding carboxylic acids is 1. The van der Waals surface area contributed by atoms with Crippen molar-refractivity contribution in [2.75, 3.05) is 19.6 Å². The van der Waals surface area contributed by atoms with Gasteiger partial charge < -0.3 is 19.1 Å². The van der Waals surface area contributed by atoms with Crippen LogP contribution in [-0.2, 0) is 6.54 Å². The number of likely N-dealkylation sites (tertiary alicyclic amines) is 1. The molecule has 1 amide bonds. The van der Waals surface area contributed by atoms with Crippen LogP contribution < -0.4 is 4.74 Å². The lowest BCUT2D eigenvalue weighted by molar-refractivity contribution is 0.0662. The third-order valence-corrected chi connectivity index (χ3v) is 6.83. The summed E-state index contributed by atoms with van der Waals surface area (Å²) >= 11 is 0. The number of pyridine rings is 1. The quantitative estimate of drug-likeness (QED) is 0.595. The molecule has 0 N–H and O–H groups in total. The van der Waals surface area contributed by atoms with Crippen molar-refractivity contribution in [3.05, 3.63) is 60.0 Å². The SMILES string of the molecule is CC(C)N1CCC(Oc2ccc3c(c2)cc2n3C(C)CN(Cc3ccccn3)C2=O)CC1. The van der Waals surface area contributed by atoms with E-state index in [4.69, 9.17) is 4.74 Å². The van der Waals surface area contributed by atoms with Gasteiger partial charge in [-0.25, -0.2) is 0 Å². The highest BCUT2D eigenvalue weighted by Gasteiger charge is 2.31. The summed E-state index contributed by atoms with van der Waals surface area (Å²) in [6.07, 6.45) is 4.15. The number of rotatable bonds is 5. The summed E-state index contributed by atoms with van der Waals surface area (Å²) in [4.78, 5) is 22.1. The van der Waals surface area contributed by atoms with Crippen molar-refractivity contribution in [2.45, 2.75) is 58.3 Å². The largest absolute Gasteiger partial charge is 0.490 e. The smallest absolute Gasteiger partial charge is 0.270 e. The molecule has 1 fully saturated rings. The number of hydrogen-bond acceptors (Lipinski definition) is 4. The van der Waals surface area contributed by atoms with Crippen LogP contribution in [0, 0.1) is 0 Å². The Morgan fingerprint density at radius 1 is 1.12 bits per heavy atom. The fourth-order valence-corrected chi connectivity index (χ4v) is 5.10. The van der Waals surface area contributed by atoms with E-state index in [1.807, 2.05) is 29.2 Å². The van der Waals surface area contributed by atoms with Crippen LogP contribution >= 0.6 is 0 Å². The van der Waals surface area contributed by atoms with Crippen LogP contribution in [0.4, 0.5) is 0 Å². The Labute approximate surface area is 189 Å². The minimum Gasteiger partial charge on any atom is -0.490 e. The molecule has 2 aromatic heterocycles. The van der Waals surface area contributed by atoms with Crippen molar-refractivity contribution in [1.29, 1.82) is 0 Å². The predicted octanol–water partition coefficient (Wildman–Crippen LogP) is 4.50. The fraction of sp³-hybridized carbons (Fsp3) is 0.462. The lowest BCUT2D eigenvalue weighted by Crippen LogP contribution is -2.41. The fourth-order valence-electron chi connectivity index (χ4n) is 5.10. The highest BCUT2D eigenvalue weighted by Crippen LogP contribution is 2.33. The van der Waals surface area contributed by atoms with E-state index in [9.17, 15) is 4.79 Å². The number of fused-ring (bicyclic) bond motifs is 3. The standard InChI is InChI=1S/C26H32N4O2/c1-18(2)28-12-9-22(10-13-28)32-23-7-8-24-20(14-23)15-25-26(31)29(16-19(3)30(24)25)17-21-6-4-5-11-27-21/h4-8,11,14-15,18-19,22H,9-10,12-13,16-17H2,1-3H3. The van der Waals surface area contributed by atoms with Gasteiger partial charge in [0.25, 0.3) is 5.91 Å². The van der Waals surface area contributed by atoms with Gasteiger partial charge in [-0.05, 0) is 70.0 Å².